The summed E-state index contributed by atoms with van der Waals surface area (Å²) in [4.78, 5) is 29.3. The van der Waals surface area contributed by atoms with Crippen molar-refractivity contribution in [1.29, 1.82) is 0 Å². The number of hydrogen-bond donors (Lipinski definition) is 0. The van der Waals surface area contributed by atoms with Crippen LogP contribution in [0, 0.1) is 6.92 Å². The van der Waals surface area contributed by atoms with E-state index in [4.69, 9.17) is 4.42 Å². The highest BCUT2D eigenvalue weighted by atomic mass is 79.9. The minimum atomic E-state index is -0.114. The molecule has 0 atom stereocenters. The molecule has 5 nitrogen and oxygen atoms in total. The quantitative estimate of drug-likeness (QED) is 0.708. The number of halogens is 1. The molecule has 1 aliphatic rings. The van der Waals surface area contributed by atoms with Crippen LogP contribution in [0.15, 0.2) is 50.4 Å². The highest BCUT2D eigenvalue weighted by molar-refractivity contribution is 9.10. The molecule has 2 heterocycles. The van der Waals surface area contributed by atoms with Crippen LogP contribution in [0.5, 0.6) is 0 Å². The molecular weight excluding hydrogens is 404 g/mol. The molecule has 1 aromatic heterocycles. The number of amides is 2. The number of rotatable bonds is 4. The third kappa shape index (κ3) is 4.46. The van der Waals surface area contributed by atoms with Gasteiger partial charge in [0.15, 0.2) is 5.76 Å². The lowest BCUT2D eigenvalue weighted by molar-refractivity contribution is -0.129. The first-order valence-electron chi connectivity index (χ1n) is 8.04. The second-order valence-electron chi connectivity index (χ2n) is 5.85. The Bertz CT molecular complexity index is 756. The van der Waals surface area contributed by atoms with Crippen molar-refractivity contribution in [2.24, 2.45) is 0 Å². The van der Waals surface area contributed by atoms with Crippen molar-refractivity contribution >= 4 is 39.5 Å². The van der Waals surface area contributed by atoms with Crippen LogP contribution in [0.3, 0.4) is 0 Å². The number of carbonyl (C=O) groups is 2. The van der Waals surface area contributed by atoms with Crippen LogP contribution in [0.2, 0.25) is 0 Å². The second kappa shape index (κ2) is 8.10. The molecule has 3 rings (SSSR count). The minimum Gasteiger partial charge on any atom is -0.459 e. The van der Waals surface area contributed by atoms with Crippen LogP contribution in [0.4, 0.5) is 0 Å². The fourth-order valence-corrected chi connectivity index (χ4v) is 4.11. The summed E-state index contributed by atoms with van der Waals surface area (Å²) in [5, 5.41) is 0. The number of piperazine rings is 1. The fraction of sp³-hybridized carbons (Fsp3) is 0.333. The van der Waals surface area contributed by atoms with E-state index in [1.54, 1.807) is 28.8 Å². The van der Waals surface area contributed by atoms with Crippen molar-refractivity contribution in [3.63, 3.8) is 0 Å². The summed E-state index contributed by atoms with van der Waals surface area (Å²) in [6.45, 7) is 4.23. The third-order valence-corrected chi connectivity index (χ3v) is 5.79. The normalized spacial score (nSPS) is 14.6. The molecule has 1 aromatic carbocycles. The maximum Gasteiger partial charge on any atom is 0.289 e. The van der Waals surface area contributed by atoms with Crippen molar-refractivity contribution in [2.45, 2.75) is 11.8 Å². The average molecular weight is 423 g/mol. The lowest BCUT2D eigenvalue weighted by Crippen LogP contribution is -2.51. The Hall–Kier alpha value is -1.73. The summed E-state index contributed by atoms with van der Waals surface area (Å²) in [6.07, 6.45) is 1.49. The highest BCUT2D eigenvalue weighted by Crippen LogP contribution is 2.25. The van der Waals surface area contributed by atoms with Crippen LogP contribution in [0.1, 0.15) is 16.1 Å². The molecule has 0 unspecified atom stereocenters. The Balaban J connectivity index is 1.49. The molecule has 0 saturated carbocycles. The zero-order chi connectivity index (χ0) is 17.8. The van der Waals surface area contributed by atoms with Gasteiger partial charge in [0.25, 0.3) is 5.91 Å². The first-order chi connectivity index (χ1) is 12.0. The molecule has 25 heavy (non-hydrogen) atoms. The zero-order valence-electron chi connectivity index (χ0n) is 13.9. The first kappa shape index (κ1) is 18.1. The molecule has 1 fully saturated rings. The van der Waals surface area contributed by atoms with Crippen molar-refractivity contribution in [2.75, 3.05) is 31.9 Å². The van der Waals surface area contributed by atoms with Gasteiger partial charge in [-0.25, -0.2) is 0 Å². The SMILES string of the molecule is Cc1cc(Br)ccc1SCC(=O)N1CCN(C(=O)c2ccco2)CC1. The second-order valence-corrected chi connectivity index (χ2v) is 7.78. The van der Waals surface area contributed by atoms with Gasteiger partial charge >= 0.3 is 0 Å². The highest BCUT2D eigenvalue weighted by Gasteiger charge is 2.25. The van der Waals surface area contributed by atoms with E-state index in [2.05, 4.69) is 15.9 Å². The molecule has 0 radical (unpaired) electrons. The molecule has 1 aliphatic heterocycles. The van der Waals surface area contributed by atoms with Gasteiger partial charge < -0.3 is 14.2 Å². The van der Waals surface area contributed by atoms with Crippen LogP contribution < -0.4 is 0 Å². The molecular formula is C18H19BrN2O3S. The summed E-state index contributed by atoms with van der Waals surface area (Å²) < 4.78 is 6.19. The molecule has 0 N–H and O–H groups in total. The Morgan fingerprint density at radius 1 is 1.16 bits per heavy atom. The first-order valence-corrected chi connectivity index (χ1v) is 9.82. The van der Waals surface area contributed by atoms with Crippen molar-refractivity contribution in [3.05, 3.63) is 52.4 Å². The molecule has 132 valence electrons. The van der Waals surface area contributed by atoms with Crippen molar-refractivity contribution in [3.8, 4) is 0 Å². The van der Waals surface area contributed by atoms with Gasteiger partial charge in [0, 0.05) is 35.5 Å². The topological polar surface area (TPSA) is 53.8 Å². The van der Waals surface area contributed by atoms with Crippen molar-refractivity contribution < 1.29 is 14.0 Å². The van der Waals surface area contributed by atoms with E-state index in [1.807, 2.05) is 30.0 Å². The molecule has 1 saturated heterocycles. The van der Waals surface area contributed by atoms with Gasteiger partial charge in [0.05, 0.1) is 12.0 Å². The molecule has 2 amide bonds. The number of furan rings is 1. The Morgan fingerprint density at radius 2 is 1.88 bits per heavy atom. The summed E-state index contributed by atoms with van der Waals surface area (Å²) in [7, 11) is 0. The molecule has 2 aromatic rings. The predicted molar refractivity (Wildman–Crippen MR) is 101 cm³/mol. The number of thioether (sulfide) groups is 1. The van der Waals surface area contributed by atoms with Gasteiger partial charge in [-0.05, 0) is 42.8 Å². The number of aryl methyl sites for hydroxylation is 1. The van der Waals surface area contributed by atoms with E-state index in [1.165, 1.54) is 6.26 Å². The number of hydrogen-bond acceptors (Lipinski definition) is 4. The van der Waals surface area contributed by atoms with E-state index in [0.29, 0.717) is 37.7 Å². The van der Waals surface area contributed by atoms with E-state index >= 15 is 0 Å². The van der Waals surface area contributed by atoms with Gasteiger partial charge in [-0.2, -0.15) is 0 Å². The molecule has 7 heteroatoms. The Morgan fingerprint density at radius 3 is 2.52 bits per heavy atom. The Kier molecular flexibility index (Phi) is 5.86. The average Bonchev–Trinajstić information content (AvgIpc) is 3.15. The summed E-state index contributed by atoms with van der Waals surface area (Å²) in [6, 6.07) is 9.42. The van der Waals surface area contributed by atoms with Crippen LogP contribution in [-0.2, 0) is 4.79 Å². The summed E-state index contributed by atoms with van der Waals surface area (Å²) >= 11 is 5.00. The van der Waals surface area contributed by atoms with E-state index in [9.17, 15) is 9.59 Å². The van der Waals surface area contributed by atoms with Gasteiger partial charge in [0.2, 0.25) is 5.91 Å². The number of benzene rings is 1. The molecule has 0 bridgehead atoms. The van der Waals surface area contributed by atoms with Crippen LogP contribution in [-0.4, -0.2) is 53.5 Å². The van der Waals surface area contributed by atoms with Gasteiger partial charge in [-0.15, -0.1) is 11.8 Å². The van der Waals surface area contributed by atoms with E-state index in [0.717, 1.165) is 14.9 Å². The molecule has 0 aliphatic carbocycles. The van der Waals surface area contributed by atoms with Gasteiger partial charge in [-0.3, -0.25) is 9.59 Å². The molecule has 0 spiro atoms. The van der Waals surface area contributed by atoms with Crippen LogP contribution >= 0.6 is 27.7 Å². The van der Waals surface area contributed by atoms with Gasteiger partial charge in [-0.1, -0.05) is 15.9 Å². The number of carbonyl (C=O) groups excluding carboxylic acids is 2. The minimum absolute atomic E-state index is 0.109. The summed E-state index contributed by atoms with van der Waals surface area (Å²) in [5.74, 6) is 0.754. The van der Waals surface area contributed by atoms with Gasteiger partial charge in [0.1, 0.15) is 0 Å². The smallest absolute Gasteiger partial charge is 0.289 e. The third-order valence-electron chi connectivity index (χ3n) is 4.14. The van der Waals surface area contributed by atoms with E-state index < -0.39 is 0 Å². The fourth-order valence-electron chi connectivity index (χ4n) is 2.72. The monoisotopic (exact) mass is 422 g/mol. The summed E-state index contributed by atoms with van der Waals surface area (Å²) in [5.41, 5.74) is 1.15. The Labute approximate surface area is 159 Å². The zero-order valence-corrected chi connectivity index (χ0v) is 16.3. The van der Waals surface area contributed by atoms with Crippen LogP contribution in [0.25, 0.3) is 0 Å². The maximum atomic E-state index is 12.4. The lowest BCUT2D eigenvalue weighted by Gasteiger charge is -2.34. The lowest BCUT2D eigenvalue weighted by atomic mass is 10.2. The standard InChI is InChI=1S/C18H19BrN2O3S/c1-13-11-14(19)4-5-16(13)25-12-17(22)20-6-8-21(9-7-20)18(23)15-3-2-10-24-15/h2-5,10-11H,6-9,12H2,1H3. The van der Waals surface area contributed by atoms with Crippen molar-refractivity contribution in [1.82, 2.24) is 9.80 Å². The van der Waals surface area contributed by atoms with E-state index in [-0.39, 0.29) is 11.8 Å². The largest absolute Gasteiger partial charge is 0.459 e. The maximum absolute atomic E-state index is 12.4. The number of nitrogens with zero attached hydrogens (tertiary/aromatic N) is 2. The predicted octanol–water partition coefficient (Wildman–Crippen LogP) is 3.43.